The monoisotopic (exact) mass is 402 g/mol. The Bertz CT molecular complexity index is 871. The fraction of sp³-hybridized carbons (Fsp3) is 0.333. The van der Waals surface area contributed by atoms with Crippen LogP contribution in [0.4, 0.5) is 10.1 Å². The van der Waals surface area contributed by atoms with Gasteiger partial charge in [0.25, 0.3) is 5.91 Å². The van der Waals surface area contributed by atoms with Gasteiger partial charge in [0.05, 0.1) is 25.4 Å². The van der Waals surface area contributed by atoms with Crippen molar-refractivity contribution in [2.45, 2.75) is 20.8 Å². The topological polar surface area (TPSA) is 98.0 Å². The van der Waals surface area contributed by atoms with Crippen LogP contribution in [0.15, 0.2) is 41.4 Å². The lowest BCUT2D eigenvalue weighted by Gasteiger charge is -2.14. The number of nitrogens with one attached hydrogen (secondary N) is 2. The molecule has 0 unspecified atom stereocenters. The van der Waals surface area contributed by atoms with Gasteiger partial charge in [-0.25, -0.2) is 4.39 Å². The largest absolute Gasteiger partial charge is 0.494 e. The summed E-state index contributed by atoms with van der Waals surface area (Å²) in [5, 5.41) is 5.67. The lowest BCUT2D eigenvalue weighted by Crippen LogP contribution is -2.28. The van der Waals surface area contributed by atoms with Crippen molar-refractivity contribution in [2.75, 3.05) is 31.6 Å². The van der Waals surface area contributed by atoms with E-state index in [0.717, 1.165) is 0 Å². The minimum absolute atomic E-state index is 0.176. The van der Waals surface area contributed by atoms with E-state index in [2.05, 4.69) is 15.6 Å². The normalized spacial score (nSPS) is 11.1. The lowest BCUT2D eigenvalue weighted by molar-refractivity contribution is 0.0954. The quantitative estimate of drug-likeness (QED) is 0.340. The molecule has 0 spiro atoms. The maximum absolute atomic E-state index is 13.6. The fourth-order valence-electron chi connectivity index (χ4n) is 2.50. The van der Waals surface area contributed by atoms with Crippen molar-refractivity contribution in [1.82, 2.24) is 5.32 Å². The molecule has 4 N–H and O–H groups in total. The van der Waals surface area contributed by atoms with Gasteiger partial charge in [0.2, 0.25) is 0 Å². The molecular weight excluding hydrogens is 375 g/mol. The van der Waals surface area contributed by atoms with Crippen LogP contribution in [0.25, 0.3) is 0 Å². The van der Waals surface area contributed by atoms with Crippen molar-refractivity contribution in [2.24, 2.45) is 10.7 Å². The third-order valence-corrected chi connectivity index (χ3v) is 3.94. The molecule has 2 rings (SSSR count). The summed E-state index contributed by atoms with van der Waals surface area (Å²) in [5.74, 6) is 0.708. The van der Waals surface area contributed by atoms with Crippen LogP contribution < -0.4 is 25.8 Å². The zero-order valence-corrected chi connectivity index (χ0v) is 16.9. The van der Waals surface area contributed by atoms with Crippen molar-refractivity contribution >= 4 is 17.6 Å². The summed E-state index contributed by atoms with van der Waals surface area (Å²) < 4.78 is 24.6. The smallest absolute Gasteiger partial charge is 0.251 e. The fourth-order valence-corrected chi connectivity index (χ4v) is 2.50. The van der Waals surface area contributed by atoms with Gasteiger partial charge < -0.3 is 25.8 Å². The molecule has 8 heteroatoms. The molecule has 0 aliphatic heterocycles. The minimum Gasteiger partial charge on any atom is -0.494 e. The van der Waals surface area contributed by atoms with Crippen LogP contribution in [0.3, 0.4) is 0 Å². The number of nitrogens with two attached hydrogens (primary N) is 1. The number of hydrogen-bond acceptors (Lipinski definition) is 4. The van der Waals surface area contributed by atoms with Crippen molar-refractivity contribution in [3.05, 3.63) is 53.3 Å². The number of nitrogens with zero attached hydrogens (tertiary/aromatic N) is 1. The van der Waals surface area contributed by atoms with Crippen LogP contribution in [0.1, 0.15) is 29.8 Å². The Hall–Kier alpha value is -3.29. The van der Waals surface area contributed by atoms with Gasteiger partial charge in [-0.1, -0.05) is 6.07 Å². The number of carbonyl (C=O) groups excluding carboxylic acids is 1. The molecule has 7 nitrogen and oxygen atoms in total. The van der Waals surface area contributed by atoms with Crippen LogP contribution in [-0.2, 0) is 0 Å². The molecule has 2 aromatic carbocycles. The maximum atomic E-state index is 13.6. The number of rotatable bonds is 9. The third kappa shape index (κ3) is 6.67. The Morgan fingerprint density at radius 2 is 1.90 bits per heavy atom. The molecule has 0 radical (unpaired) electrons. The second kappa shape index (κ2) is 10.9. The summed E-state index contributed by atoms with van der Waals surface area (Å²) in [6, 6.07) is 9.75. The Morgan fingerprint density at radius 3 is 2.59 bits per heavy atom. The summed E-state index contributed by atoms with van der Waals surface area (Å²) in [4.78, 5) is 16.2. The zero-order valence-electron chi connectivity index (χ0n) is 16.9. The summed E-state index contributed by atoms with van der Waals surface area (Å²) in [6.07, 6.45) is 0. The van der Waals surface area contributed by atoms with Gasteiger partial charge in [-0.15, -0.1) is 0 Å². The third-order valence-electron chi connectivity index (χ3n) is 3.94. The molecule has 0 atom stereocenters. The summed E-state index contributed by atoms with van der Waals surface area (Å²) in [6.45, 7) is 7.00. The summed E-state index contributed by atoms with van der Waals surface area (Å²) in [7, 11) is 0. The molecule has 0 fully saturated rings. The van der Waals surface area contributed by atoms with Crippen LogP contribution in [0.5, 0.6) is 11.5 Å². The summed E-state index contributed by atoms with van der Waals surface area (Å²) >= 11 is 0. The first kappa shape index (κ1) is 22.0. The van der Waals surface area contributed by atoms with Gasteiger partial charge in [0.15, 0.2) is 5.96 Å². The molecule has 0 heterocycles. The Morgan fingerprint density at radius 1 is 1.14 bits per heavy atom. The highest BCUT2D eigenvalue weighted by molar-refractivity contribution is 5.95. The number of halogens is 1. The predicted octanol–water partition coefficient (Wildman–Crippen LogP) is 3.09. The van der Waals surface area contributed by atoms with Crippen LogP contribution >= 0.6 is 0 Å². The summed E-state index contributed by atoms with van der Waals surface area (Å²) in [5.41, 5.74) is 7.33. The van der Waals surface area contributed by atoms with Crippen LogP contribution in [-0.4, -0.2) is 38.2 Å². The zero-order chi connectivity index (χ0) is 21.2. The highest BCUT2D eigenvalue weighted by Gasteiger charge is 2.09. The number of benzene rings is 2. The molecule has 0 aliphatic rings. The number of ether oxygens (including phenoxy) is 2. The molecule has 0 aromatic heterocycles. The van der Waals surface area contributed by atoms with Gasteiger partial charge in [0, 0.05) is 18.2 Å². The Balaban J connectivity index is 1.92. The Kier molecular flexibility index (Phi) is 8.27. The molecule has 0 bridgehead atoms. The number of anilines is 1. The maximum Gasteiger partial charge on any atom is 0.251 e. The van der Waals surface area contributed by atoms with E-state index in [1.54, 1.807) is 31.2 Å². The van der Waals surface area contributed by atoms with Crippen molar-refractivity contribution in [1.29, 1.82) is 0 Å². The minimum atomic E-state index is -0.413. The first-order chi connectivity index (χ1) is 13.9. The van der Waals surface area contributed by atoms with Gasteiger partial charge in [0.1, 0.15) is 17.3 Å². The first-order valence-corrected chi connectivity index (χ1v) is 9.45. The van der Waals surface area contributed by atoms with Crippen LogP contribution in [0, 0.1) is 12.7 Å². The average Bonchev–Trinajstić information content (AvgIpc) is 2.69. The SMILES string of the molecule is CCOc1ccc(OCC)c(NC(N)=NCCNC(=O)c2ccc(C)c(F)c2)c1. The Labute approximate surface area is 170 Å². The first-order valence-electron chi connectivity index (χ1n) is 9.45. The molecule has 0 aliphatic carbocycles. The number of guanidine groups is 1. The molecular formula is C21H27FN4O3. The van der Waals surface area contributed by atoms with Gasteiger partial charge >= 0.3 is 0 Å². The van der Waals surface area contributed by atoms with E-state index in [4.69, 9.17) is 15.2 Å². The van der Waals surface area contributed by atoms with Crippen LogP contribution in [0.2, 0.25) is 0 Å². The number of aryl methyl sites for hydroxylation is 1. The van der Waals surface area contributed by atoms with E-state index in [-0.39, 0.29) is 30.5 Å². The molecule has 2 aromatic rings. The lowest BCUT2D eigenvalue weighted by atomic mass is 10.1. The van der Waals surface area contributed by atoms with E-state index in [0.29, 0.717) is 36.0 Å². The molecule has 0 saturated carbocycles. The second-order valence-electron chi connectivity index (χ2n) is 6.14. The van der Waals surface area contributed by atoms with E-state index >= 15 is 0 Å². The van der Waals surface area contributed by atoms with Gasteiger partial charge in [-0.05, 0) is 50.6 Å². The molecule has 29 heavy (non-hydrogen) atoms. The average molecular weight is 402 g/mol. The number of aliphatic imine (C=N–C) groups is 1. The van der Waals surface area contributed by atoms with E-state index in [1.807, 2.05) is 19.9 Å². The van der Waals surface area contributed by atoms with E-state index in [1.165, 1.54) is 6.07 Å². The number of hydrogen-bond donors (Lipinski definition) is 3. The van der Waals surface area contributed by atoms with E-state index < -0.39 is 5.82 Å². The molecule has 156 valence electrons. The molecule has 0 saturated heterocycles. The van der Waals surface area contributed by atoms with Crippen molar-refractivity contribution < 1.29 is 18.7 Å². The van der Waals surface area contributed by atoms with E-state index in [9.17, 15) is 9.18 Å². The van der Waals surface area contributed by atoms with Gasteiger partial charge in [-0.3, -0.25) is 9.79 Å². The second-order valence-corrected chi connectivity index (χ2v) is 6.14. The highest BCUT2D eigenvalue weighted by atomic mass is 19.1. The standard InChI is InChI=1S/C21H27FN4O3/c1-4-28-16-8-9-19(29-5-2)18(13-16)26-21(23)25-11-10-24-20(27)15-7-6-14(3)17(22)12-15/h6-9,12-13H,4-5,10-11H2,1-3H3,(H,24,27)(H3,23,25,26). The highest BCUT2D eigenvalue weighted by Crippen LogP contribution is 2.29. The van der Waals surface area contributed by atoms with Crippen molar-refractivity contribution in [3.8, 4) is 11.5 Å². The van der Waals surface area contributed by atoms with Gasteiger partial charge in [-0.2, -0.15) is 0 Å². The number of carbonyl (C=O) groups is 1. The molecule has 1 amide bonds. The van der Waals surface area contributed by atoms with Crippen molar-refractivity contribution in [3.63, 3.8) is 0 Å². The number of amides is 1. The predicted molar refractivity (Wildman–Crippen MR) is 112 cm³/mol.